The van der Waals surface area contributed by atoms with Gasteiger partial charge in [-0.05, 0) is 37.5 Å². The van der Waals surface area contributed by atoms with Crippen LogP contribution >= 0.6 is 15.9 Å². The van der Waals surface area contributed by atoms with Crippen molar-refractivity contribution in [2.24, 2.45) is 11.7 Å². The normalized spacial score (nSPS) is 13.4. The highest BCUT2D eigenvalue weighted by Gasteiger charge is 2.21. The molecule has 0 saturated heterocycles. The third kappa shape index (κ3) is 5.94. The van der Waals surface area contributed by atoms with Gasteiger partial charge in [-0.15, -0.1) is 0 Å². The number of ether oxygens (including phenoxy) is 1. The molecule has 0 fully saturated rings. The molecule has 0 heterocycles. The molecule has 0 spiro atoms. The van der Waals surface area contributed by atoms with E-state index in [1.54, 1.807) is 12.1 Å². The van der Waals surface area contributed by atoms with E-state index in [0.29, 0.717) is 22.7 Å². The maximum absolute atomic E-state index is 12.4. The van der Waals surface area contributed by atoms with Crippen molar-refractivity contribution in [1.29, 1.82) is 0 Å². The van der Waals surface area contributed by atoms with Gasteiger partial charge in [0.05, 0.1) is 6.61 Å². The SMILES string of the molecule is CCOc1ccc(Br)cc1S(=O)(=O)NCC(N)CC(C)C. The van der Waals surface area contributed by atoms with Gasteiger partial charge in [-0.1, -0.05) is 29.8 Å². The molecular formula is C14H23BrN2O3S. The van der Waals surface area contributed by atoms with Gasteiger partial charge in [-0.2, -0.15) is 0 Å². The maximum Gasteiger partial charge on any atom is 0.244 e. The molecule has 0 amide bonds. The van der Waals surface area contributed by atoms with Crippen LogP contribution in [0.4, 0.5) is 0 Å². The minimum Gasteiger partial charge on any atom is -0.492 e. The Labute approximate surface area is 135 Å². The molecule has 5 nitrogen and oxygen atoms in total. The summed E-state index contributed by atoms with van der Waals surface area (Å²) in [6.07, 6.45) is 0.763. The zero-order valence-corrected chi connectivity index (χ0v) is 15.0. The van der Waals surface area contributed by atoms with Gasteiger partial charge in [-0.3, -0.25) is 0 Å². The number of sulfonamides is 1. The van der Waals surface area contributed by atoms with Crippen LogP contribution in [0.15, 0.2) is 27.6 Å². The van der Waals surface area contributed by atoms with Crippen molar-refractivity contribution in [3.05, 3.63) is 22.7 Å². The smallest absolute Gasteiger partial charge is 0.244 e. The quantitative estimate of drug-likeness (QED) is 0.727. The number of hydrogen-bond donors (Lipinski definition) is 2. The Bertz CT molecular complexity index is 561. The van der Waals surface area contributed by atoms with E-state index < -0.39 is 10.0 Å². The lowest BCUT2D eigenvalue weighted by Gasteiger charge is -2.16. The van der Waals surface area contributed by atoms with Gasteiger partial charge in [0.2, 0.25) is 10.0 Å². The minimum atomic E-state index is -3.65. The van der Waals surface area contributed by atoms with Crippen molar-refractivity contribution in [1.82, 2.24) is 4.72 Å². The van der Waals surface area contributed by atoms with E-state index in [9.17, 15) is 8.42 Å². The minimum absolute atomic E-state index is 0.121. The summed E-state index contributed by atoms with van der Waals surface area (Å²) in [5, 5.41) is 0. The van der Waals surface area contributed by atoms with Crippen LogP contribution in [0.25, 0.3) is 0 Å². The summed E-state index contributed by atoms with van der Waals surface area (Å²) in [4.78, 5) is 0.121. The Balaban J connectivity index is 2.89. The second kappa shape index (κ2) is 8.12. The molecule has 0 aromatic heterocycles. The Morgan fingerprint density at radius 1 is 1.38 bits per heavy atom. The van der Waals surface area contributed by atoms with E-state index in [0.717, 1.165) is 6.42 Å². The fraction of sp³-hybridized carbons (Fsp3) is 0.571. The van der Waals surface area contributed by atoms with E-state index >= 15 is 0 Å². The van der Waals surface area contributed by atoms with Crippen LogP contribution < -0.4 is 15.2 Å². The van der Waals surface area contributed by atoms with E-state index in [1.165, 1.54) is 6.07 Å². The van der Waals surface area contributed by atoms with Gasteiger partial charge in [0.1, 0.15) is 10.6 Å². The molecule has 1 aromatic carbocycles. The second-order valence-electron chi connectivity index (χ2n) is 5.27. The molecule has 120 valence electrons. The zero-order valence-electron chi connectivity index (χ0n) is 12.6. The van der Waals surface area contributed by atoms with Gasteiger partial charge in [-0.25, -0.2) is 13.1 Å². The van der Waals surface area contributed by atoms with Crippen LogP contribution in [0.3, 0.4) is 0 Å². The highest BCUT2D eigenvalue weighted by Crippen LogP contribution is 2.27. The zero-order chi connectivity index (χ0) is 16.0. The first-order valence-corrected chi connectivity index (χ1v) is 9.21. The Kier molecular flexibility index (Phi) is 7.12. The maximum atomic E-state index is 12.4. The van der Waals surface area contributed by atoms with Crippen LogP contribution in [0.5, 0.6) is 5.75 Å². The molecule has 7 heteroatoms. The molecule has 0 aliphatic rings. The number of halogens is 1. The summed E-state index contributed by atoms with van der Waals surface area (Å²) in [7, 11) is -3.65. The van der Waals surface area contributed by atoms with E-state index in [2.05, 4.69) is 34.5 Å². The lowest BCUT2D eigenvalue weighted by molar-refractivity contribution is 0.331. The van der Waals surface area contributed by atoms with Crippen molar-refractivity contribution < 1.29 is 13.2 Å². The highest BCUT2D eigenvalue weighted by molar-refractivity contribution is 9.10. The fourth-order valence-electron chi connectivity index (χ4n) is 1.95. The fourth-order valence-corrected chi connectivity index (χ4v) is 3.73. The Morgan fingerprint density at radius 3 is 2.62 bits per heavy atom. The highest BCUT2D eigenvalue weighted by atomic mass is 79.9. The Hall–Kier alpha value is -0.630. The number of nitrogens with two attached hydrogens (primary N) is 1. The predicted molar refractivity (Wildman–Crippen MR) is 87.9 cm³/mol. The topological polar surface area (TPSA) is 81.4 Å². The van der Waals surface area contributed by atoms with Crippen LogP contribution in [0.2, 0.25) is 0 Å². The summed E-state index contributed by atoms with van der Waals surface area (Å²) in [6.45, 7) is 6.52. The lowest BCUT2D eigenvalue weighted by atomic mass is 10.1. The van der Waals surface area contributed by atoms with Crippen LogP contribution in [0.1, 0.15) is 27.2 Å². The molecule has 21 heavy (non-hydrogen) atoms. The summed E-state index contributed by atoms with van der Waals surface area (Å²) < 4.78 is 33.4. The first kappa shape index (κ1) is 18.4. The lowest BCUT2D eigenvalue weighted by Crippen LogP contribution is -2.38. The third-order valence-corrected chi connectivity index (χ3v) is 4.74. The van der Waals surface area contributed by atoms with Crippen LogP contribution in [-0.4, -0.2) is 27.6 Å². The number of benzene rings is 1. The Morgan fingerprint density at radius 2 is 2.05 bits per heavy atom. The average Bonchev–Trinajstić information content (AvgIpc) is 2.38. The molecule has 1 aromatic rings. The van der Waals surface area contributed by atoms with Crippen molar-refractivity contribution >= 4 is 26.0 Å². The molecule has 0 radical (unpaired) electrons. The number of rotatable bonds is 8. The number of nitrogens with one attached hydrogen (secondary N) is 1. The van der Waals surface area contributed by atoms with Crippen molar-refractivity contribution in [3.63, 3.8) is 0 Å². The van der Waals surface area contributed by atoms with E-state index in [-0.39, 0.29) is 17.5 Å². The van der Waals surface area contributed by atoms with Crippen molar-refractivity contribution in [2.75, 3.05) is 13.2 Å². The number of hydrogen-bond acceptors (Lipinski definition) is 4. The molecule has 0 bridgehead atoms. The van der Waals surface area contributed by atoms with Gasteiger partial charge in [0.15, 0.2) is 0 Å². The molecular weight excluding hydrogens is 356 g/mol. The third-order valence-electron chi connectivity index (χ3n) is 2.80. The van der Waals surface area contributed by atoms with Gasteiger partial charge >= 0.3 is 0 Å². The second-order valence-corrected chi connectivity index (χ2v) is 7.92. The monoisotopic (exact) mass is 378 g/mol. The first-order chi connectivity index (χ1) is 9.76. The van der Waals surface area contributed by atoms with E-state index in [4.69, 9.17) is 10.5 Å². The van der Waals surface area contributed by atoms with Gasteiger partial charge in [0.25, 0.3) is 0 Å². The molecule has 0 aliphatic carbocycles. The molecule has 1 atom stereocenters. The predicted octanol–water partition coefficient (Wildman–Crippen LogP) is 2.50. The van der Waals surface area contributed by atoms with Gasteiger partial charge in [0, 0.05) is 17.1 Å². The van der Waals surface area contributed by atoms with Crippen molar-refractivity contribution in [3.8, 4) is 5.75 Å². The van der Waals surface area contributed by atoms with Crippen molar-refractivity contribution in [2.45, 2.75) is 38.1 Å². The standard InChI is InChI=1S/C14H23BrN2O3S/c1-4-20-13-6-5-11(15)8-14(13)21(18,19)17-9-12(16)7-10(2)3/h5-6,8,10,12,17H,4,7,9,16H2,1-3H3. The molecule has 0 saturated carbocycles. The largest absolute Gasteiger partial charge is 0.492 e. The van der Waals surface area contributed by atoms with E-state index in [1.807, 2.05) is 6.92 Å². The molecule has 0 aliphatic heterocycles. The van der Waals surface area contributed by atoms with Crippen LogP contribution in [0, 0.1) is 5.92 Å². The molecule has 3 N–H and O–H groups in total. The first-order valence-electron chi connectivity index (χ1n) is 6.93. The molecule has 1 unspecified atom stereocenters. The average molecular weight is 379 g/mol. The van der Waals surface area contributed by atoms with Crippen LogP contribution in [-0.2, 0) is 10.0 Å². The molecule has 1 rings (SSSR count). The van der Waals surface area contributed by atoms with Gasteiger partial charge < -0.3 is 10.5 Å². The summed E-state index contributed by atoms with van der Waals surface area (Å²) >= 11 is 3.28. The summed E-state index contributed by atoms with van der Waals surface area (Å²) in [6, 6.07) is 4.70. The summed E-state index contributed by atoms with van der Waals surface area (Å²) in [5.74, 6) is 0.764. The summed E-state index contributed by atoms with van der Waals surface area (Å²) in [5.41, 5.74) is 5.92.